The van der Waals surface area contributed by atoms with Gasteiger partial charge in [-0.15, -0.1) is 0 Å². The van der Waals surface area contributed by atoms with Crippen LogP contribution in [0.2, 0.25) is 0 Å². The second-order valence-corrected chi connectivity index (χ2v) is 4.41. The smallest absolute Gasteiger partial charge is 0.0770 e. The molecule has 1 heterocycles. The molecule has 0 aliphatic heterocycles. The van der Waals surface area contributed by atoms with E-state index in [0.29, 0.717) is 6.61 Å². The number of nitrogens with two attached hydrogens (primary N) is 1. The first-order valence-electron chi connectivity index (χ1n) is 3.93. The van der Waals surface area contributed by atoms with Crippen molar-refractivity contribution in [2.75, 3.05) is 6.61 Å². The summed E-state index contributed by atoms with van der Waals surface area (Å²) in [5.74, 6) is 5.07. The lowest BCUT2D eigenvalue weighted by molar-refractivity contribution is 0.0964. The second-order valence-electron chi connectivity index (χ2n) is 3.66. The molecule has 68 valence electrons. The summed E-state index contributed by atoms with van der Waals surface area (Å²) in [6.07, 6.45) is 0. The number of aryl methyl sites for hydroxylation is 1. The van der Waals surface area contributed by atoms with Crippen molar-refractivity contribution in [1.29, 1.82) is 0 Å². The highest BCUT2D eigenvalue weighted by atomic mass is 32.1. The highest BCUT2D eigenvalue weighted by Crippen LogP contribution is 2.28. The molecule has 12 heavy (non-hydrogen) atoms. The Morgan fingerprint density at radius 2 is 2.17 bits per heavy atom. The van der Waals surface area contributed by atoms with Crippen LogP contribution in [0.3, 0.4) is 0 Å². The van der Waals surface area contributed by atoms with E-state index in [0.717, 1.165) is 0 Å². The summed E-state index contributed by atoms with van der Waals surface area (Å²) >= 11 is 1.72. The van der Waals surface area contributed by atoms with Crippen LogP contribution in [-0.4, -0.2) is 6.61 Å². The van der Waals surface area contributed by atoms with Crippen molar-refractivity contribution in [2.45, 2.75) is 26.2 Å². The zero-order valence-electron chi connectivity index (χ0n) is 7.76. The molecule has 0 spiro atoms. The molecule has 3 heteroatoms. The van der Waals surface area contributed by atoms with Gasteiger partial charge in [0.25, 0.3) is 0 Å². The minimum absolute atomic E-state index is 0.0266. The van der Waals surface area contributed by atoms with Crippen LogP contribution in [-0.2, 0) is 10.3 Å². The van der Waals surface area contributed by atoms with Crippen molar-refractivity contribution >= 4 is 11.3 Å². The first-order chi connectivity index (χ1) is 5.58. The van der Waals surface area contributed by atoms with Gasteiger partial charge in [-0.3, -0.25) is 0 Å². The minimum atomic E-state index is 0.0266. The maximum Gasteiger partial charge on any atom is 0.0770 e. The van der Waals surface area contributed by atoms with Crippen LogP contribution in [0.1, 0.15) is 25.0 Å². The maximum atomic E-state index is 5.07. The maximum absolute atomic E-state index is 5.07. The van der Waals surface area contributed by atoms with Gasteiger partial charge < -0.3 is 4.84 Å². The largest absolute Gasteiger partial charge is 0.304 e. The summed E-state index contributed by atoms with van der Waals surface area (Å²) in [7, 11) is 0. The lowest BCUT2D eigenvalue weighted by Gasteiger charge is -2.23. The highest BCUT2D eigenvalue weighted by Gasteiger charge is 2.22. The fraction of sp³-hybridized carbons (Fsp3) is 0.556. The molecule has 1 aromatic rings. The summed E-state index contributed by atoms with van der Waals surface area (Å²) < 4.78 is 0. The van der Waals surface area contributed by atoms with Crippen LogP contribution in [0.4, 0.5) is 0 Å². The Morgan fingerprint density at radius 1 is 1.50 bits per heavy atom. The standard InChI is InChI=1S/C9H15NOS/c1-7-4-12-5-8(7)9(2,3)6-11-10/h4-5H,6,10H2,1-3H3. The van der Waals surface area contributed by atoms with E-state index in [1.807, 2.05) is 0 Å². The van der Waals surface area contributed by atoms with Gasteiger partial charge in [-0.25, -0.2) is 5.90 Å². The summed E-state index contributed by atoms with van der Waals surface area (Å²) in [6, 6.07) is 0. The molecule has 0 amide bonds. The van der Waals surface area contributed by atoms with Gasteiger partial charge in [0.15, 0.2) is 0 Å². The zero-order valence-corrected chi connectivity index (χ0v) is 8.57. The van der Waals surface area contributed by atoms with E-state index in [9.17, 15) is 0 Å². The molecule has 0 unspecified atom stereocenters. The Kier molecular flexibility index (Phi) is 2.88. The molecule has 0 radical (unpaired) electrons. The molecule has 2 N–H and O–H groups in total. The topological polar surface area (TPSA) is 35.2 Å². The third kappa shape index (κ3) is 1.86. The van der Waals surface area contributed by atoms with E-state index in [1.165, 1.54) is 11.1 Å². The Morgan fingerprint density at radius 3 is 2.58 bits per heavy atom. The highest BCUT2D eigenvalue weighted by molar-refractivity contribution is 7.08. The second kappa shape index (κ2) is 3.56. The fourth-order valence-electron chi connectivity index (χ4n) is 1.34. The van der Waals surface area contributed by atoms with Crippen LogP contribution >= 0.6 is 11.3 Å². The van der Waals surface area contributed by atoms with Gasteiger partial charge in [-0.05, 0) is 28.8 Å². The molecular formula is C9H15NOS. The number of hydrogen-bond donors (Lipinski definition) is 1. The van der Waals surface area contributed by atoms with E-state index >= 15 is 0 Å². The van der Waals surface area contributed by atoms with E-state index in [-0.39, 0.29) is 5.41 Å². The molecule has 0 saturated carbocycles. The van der Waals surface area contributed by atoms with Gasteiger partial charge in [0, 0.05) is 5.41 Å². The third-order valence-electron chi connectivity index (χ3n) is 2.03. The predicted molar refractivity (Wildman–Crippen MR) is 52.2 cm³/mol. The van der Waals surface area contributed by atoms with Crippen molar-refractivity contribution in [3.8, 4) is 0 Å². The molecule has 0 aromatic carbocycles. The molecule has 2 nitrogen and oxygen atoms in total. The Hall–Kier alpha value is -0.380. The molecule has 0 saturated heterocycles. The third-order valence-corrected chi connectivity index (χ3v) is 2.89. The fourth-order valence-corrected chi connectivity index (χ4v) is 2.38. The summed E-state index contributed by atoms with van der Waals surface area (Å²) in [4.78, 5) is 4.69. The van der Waals surface area contributed by atoms with E-state index in [4.69, 9.17) is 10.7 Å². The van der Waals surface area contributed by atoms with Crippen LogP contribution in [0.5, 0.6) is 0 Å². The molecule has 1 rings (SSSR count). The van der Waals surface area contributed by atoms with Crippen molar-refractivity contribution in [3.05, 3.63) is 21.9 Å². The Labute approximate surface area is 77.3 Å². The van der Waals surface area contributed by atoms with Gasteiger partial charge in [0.05, 0.1) is 6.61 Å². The number of hydrogen-bond acceptors (Lipinski definition) is 3. The minimum Gasteiger partial charge on any atom is -0.304 e. The molecule has 0 aliphatic rings. The number of rotatable bonds is 3. The van der Waals surface area contributed by atoms with Gasteiger partial charge in [-0.2, -0.15) is 11.3 Å². The van der Waals surface area contributed by atoms with Crippen LogP contribution < -0.4 is 5.90 Å². The SMILES string of the molecule is Cc1cscc1C(C)(C)CON. The average Bonchev–Trinajstić information content (AvgIpc) is 2.35. The normalized spacial score (nSPS) is 12.0. The van der Waals surface area contributed by atoms with E-state index in [2.05, 4.69) is 31.5 Å². The molecule has 0 fully saturated rings. The molecule has 0 atom stereocenters. The summed E-state index contributed by atoms with van der Waals surface area (Å²) in [6.45, 7) is 6.94. The van der Waals surface area contributed by atoms with E-state index in [1.54, 1.807) is 11.3 Å². The van der Waals surface area contributed by atoms with Crippen LogP contribution in [0, 0.1) is 6.92 Å². The van der Waals surface area contributed by atoms with Gasteiger partial charge in [0.1, 0.15) is 0 Å². The monoisotopic (exact) mass is 185 g/mol. The van der Waals surface area contributed by atoms with Gasteiger partial charge in [0.2, 0.25) is 0 Å². The first-order valence-corrected chi connectivity index (χ1v) is 4.87. The van der Waals surface area contributed by atoms with Crippen molar-refractivity contribution < 1.29 is 4.84 Å². The lowest BCUT2D eigenvalue weighted by atomic mass is 9.85. The molecule has 1 aromatic heterocycles. The van der Waals surface area contributed by atoms with Crippen LogP contribution in [0.25, 0.3) is 0 Å². The zero-order chi connectivity index (χ0) is 9.19. The molecular weight excluding hydrogens is 170 g/mol. The average molecular weight is 185 g/mol. The van der Waals surface area contributed by atoms with E-state index < -0.39 is 0 Å². The predicted octanol–water partition coefficient (Wildman–Crippen LogP) is 2.22. The van der Waals surface area contributed by atoms with Crippen molar-refractivity contribution in [2.24, 2.45) is 5.90 Å². The van der Waals surface area contributed by atoms with Gasteiger partial charge >= 0.3 is 0 Å². The quantitative estimate of drug-likeness (QED) is 0.733. The first kappa shape index (κ1) is 9.71. The number of thiophene rings is 1. The summed E-state index contributed by atoms with van der Waals surface area (Å²) in [5, 5.41) is 4.31. The molecule has 0 aliphatic carbocycles. The summed E-state index contributed by atoms with van der Waals surface area (Å²) in [5.41, 5.74) is 2.68. The van der Waals surface area contributed by atoms with Gasteiger partial charge in [-0.1, -0.05) is 13.8 Å². The Bertz CT molecular complexity index is 255. The van der Waals surface area contributed by atoms with Crippen molar-refractivity contribution in [1.82, 2.24) is 0 Å². The molecule has 0 bridgehead atoms. The Balaban J connectivity index is 2.88. The lowest BCUT2D eigenvalue weighted by Crippen LogP contribution is -2.26. The van der Waals surface area contributed by atoms with Crippen molar-refractivity contribution in [3.63, 3.8) is 0 Å². The van der Waals surface area contributed by atoms with Crippen LogP contribution in [0.15, 0.2) is 10.8 Å².